The van der Waals surface area contributed by atoms with Crippen molar-refractivity contribution in [2.75, 3.05) is 13.7 Å². The number of nitriles is 1. The molecule has 1 aliphatic carbocycles. The maximum Gasteiger partial charge on any atom is 0.326 e. The highest BCUT2D eigenvalue weighted by Crippen LogP contribution is 2.41. The van der Waals surface area contributed by atoms with Gasteiger partial charge in [-0.05, 0) is 62.6 Å². The summed E-state index contributed by atoms with van der Waals surface area (Å²) >= 11 is 6.68. The van der Waals surface area contributed by atoms with Gasteiger partial charge >= 0.3 is 5.97 Å². The third-order valence-corrected chi connectivity index (χ3v) is 7.47. The Bertz CT molecular complexity index is 1390. The van der Waals surface area contributed by atoms with Crippen LogP contribution in [0.3, 0.4) is 0 Å². The van der Waals surface area contributed by atoms with E-state index >= 15 is 0 Å². The molecule has 0 saturated heterocycles. The van der Waals surface area contributed by atoms with E-state index in [0.717, 1.165) is 18.4 Å². The Balaban J connectivity index is 1.66. The average molecular weight is 536 g/mol. The number of halogens is 1. The van der Waals surface area contributed by atoms with Crippen molar-refractivity contribution in [2.45, 2.75) is 51.5 Å². The normalized spacial score (nSPS) is 16.0. The number of ether oxygens (including phenoxy) is 2. The molecule has 0 fully saturated rings. The van der Waals surface area contributed by atoms with Gasteiger partial charge in [-0.25, -0.2) is 0 Å². The van der Waals surface area contributed by atoms with Gasteiger partial charge in [-0.2, -0.15) is 5.26 Å². The van der Waals surface area contributed by atoms with Crippen molar-refractivity contribution in [3.63, 3.8) is 0 Å². The number of carboxylic acid groups (broad SMARTS) is 1. The smallest absolute Gasteiger partial charge is 0.326 e. The van der Waals surface area contributed by atoms with Gasteiger partial charge in [-0.15, -0.1) is 0 Å². The fourth-order valence-corrected chi connectivity index (χ4v) is 4.80. The molecule has 1 aliphatic rings. The first-order valence-corrected chi connectivity index (χ1v) is 12.6. The van der Waals surface area contributed by atoms with Crippen molar-refractivity contribution in [3.8, 4) is 17.6 Å². The summed E-state index contributed by atoms with van der Waals surface area (Å²) in [6, 6.07) is 13.4. The lowest BCUT2D eigenvalue weighted by Gasteiger charge is -2.33. The minimum absolute atomic E-state index is 0.127. The number of nitrogens with zero attached hydrogens (tertiary/aromatic N) is 3. The van der Waals surface area contributed by atoms with E-state index in [2.05, 4.69) is 30.1 Å². The molecule has 0 spiro atoms. The highest BCUT2D eigenvalue weighted by molar-refractivity contribution is 6.32. The van der Waals surface area contributed by atoms with Crippen LogP contribution in [0.5, 0.6) is 11.5 Å². The van der Waals surface area contributed by atoms with Gasteiger partial charge in [0.1, 0.15) is 35.8 Å². The summed E-state index contributed by atoms with van der Waals surface area (Å²) in [5.41, 5.74) is 3.92. The summed E-state index contributed by atoms with van der Waals surface area (Å²) in [6.45, 7) is 3.24. The molecule has 9 heteroatoms. The van der Waals surface area contributed by atoms with E-state index in [9.17, 15) is 20.3 Å². The van der Waals surface area contributed by atoms with Gasteiger partial charge < -0.3 is 19.7 Å². The van der Waals surface area contributed by atoms with Gasteiger partial charge in [0.15, 0.2) is 0 Å². The zero-order valence-corrected chi connectivity index (χ0v) is 22.3. The number of benzene rings is 2. The number of likely N-dealkylation sites (N-methyl/N-ethyl adjacent to an activating group) is 1. The fraction of sp³-hybridized carbons (Fsp3) is 0.345. The molecule has 0 unspecified atom stereocenters. The van der Waals surface area contributed by atoms with Crippen molar-refractivity contribution >= 4 is 17.6 Å². The second-order valence-electron chi connectivity index (χ2n) is 9.75. The number of aromatic nitrogens is 1. The van der Waals surface area contributed by atoms with Crippen molar-refractivity contribution < 1.29 is 24.5 Å². The average Bonchev–Trinajstić information content (AvgIpc) is 3.32. The second-order valence-corrected chi connectivity index (χ2v) is 10.2. The molecule has 0 aliphatic heterocycles. The third kappa shape index (κ3) is 5.60. The van der Waals surface area contributed by atoms with E-state index in [4.69, 9.17) is 21.1 Å². The molecular weight excluding hydrogens is 506 g/mol. The fourth-order valence-electron chi connectivity index (χ4n) is 4.57. The van der Waals surface area contributed by atoms with E-state index in [1.54, 1.807) is 31.4 Å². The molecule has 1 heterocycles. The SMILES string of the molecule is Cc1cccc2c1CC[C@@H]2Oc1cc(OCc2cncc(C#N)c2)c(CN(C)[C@@](C)(CO)C(=O)O)cc1Cl. The van der Waals surface area contributed by atoms with Crippen molar-refractivity contribution in [1.29, 1.82) is 5.26 Å². The van der Waals surface area contributed by atoms with Gasteiger partial charge in [0.25, 0.3) is 0 Å². The van der Waals surface area contributed by atoms with Crippen LogP contribution >= 0.6 is 11.6 Å². The molecule has 38 heavy (non-hydrogen) atoms. The van der Waals surface area contributed by atoms with Crippen LogP contribution in [-0.2, 0) is 24.4 Å². The van der Waals surface area contributed by atoms with E-state index in [1.807, 2.05) is 6.07 Å². The first kappa shape index (κ1) is 27.4. The molecule has 2 aromatic carbocycles. The molecule has 0 amide bonds. The van der Waals surface area contributed by atoms with E-state index < -0.39 is 18.1 Å². The maximum atomic E-state index is 11.9. The second kappa shape index (κ2) is 11.4. The Morgan fingerprint density at radius 2 is 2.08 bits per heavy atom. The van der Waals surface area contributed by atoms with Gasteiger partial charge in [-0.1, -0.05) is 29.8 Å². The summed E-state index contributed by atoms with van der Waals surface area (Å²) in [4.78, 5) is 17.5. The molecule has 0 saturated carbocycles. The number of fused-ring (bicyclic) bond motifs is 1. The topological polar surface area (TPSA) is 116 Å². The molecule has 8 nitrogen and oxygen atoms in total. The Kier molecular flexibility index (Phi) is 8.22. The summed E-state index contributed by atoms with van der Waals surface area (Å²) in [5, 5.41) is 29.1. The quantitative estimate of drug-likeness (QED) is 0.379. The molecular formula is C29H30ClN3O5. The Hall–Kier alpha value is -3.64. The molecule has 4 rings (SSSR count). The number of aliphatic carboxylic acids is 1. The highest BCUT2D eigenvalue weighted by atomic mass is 35.5. The van der Waals surface area contributed by atoms with Gasteiger partial charge in [0.05, 0.1) is 17.2 Å². The van der Waals surface area contributed by atoms with Crippen molar-refractivity contribution in [2.24, 2.45) is 0 Å². The van der Waals surface area contributed by atoms with Crippen LogP contribution in [0.25, 0.3) is 0 Å². The number of pyridine rings is 1. The lowest BCUT2D eigenvalue weighted by Crippen LogP contribution is -2.52. The van der Waals surface area contributed by atoms with E-state index in [0.29, 0.717) is 33.2 Å². The molecule has 1 aromatic heterocycles. The predicted octanol–water partition coefficient (Wildman–Crippen LogP) is 4.83. The Morgan fingerprint density at radius 3 is 2.79 bits per heavy atom. The molecule has 2 N–H and O–H groups in total. The van der Waals surface area contributed by atoms with Gasteiger partial charge in [0.2, 0.25) is 0 Å². The first-order chi connectivity index (χ1) is 18.2. The van der Waals surface area contributed by atoms with Gasteiger partial charge in [0, 0.05) is 36.1 Å². The summed E-state index contributed by atoms with van der Waals surface area (Å²) < 4.78 is 12.5. The van der Waals surface area contributed by atoms with E-state index in [1.165, 1.54) is 29.1 Å². The molecule has 0 radical (unpaired) electrons. The molecule has 0 bridgehead atoms. The molecule has 3 aromatic rings. The summed E-state index contributed by atoms with van der Waals surface area (Å²) in [6.07, 6.45) is 4.70. The van der Waals surface area contributed by atoms with Crippen LogP contribution < -0.4 is 9.47 Å². The minimum atomic E-state index is -1.50. The number of aliphatic hydroxyl groups is 1. The first-order valence-electron chi connectivity index (χ1n) is 12.3. The molecule has 198 valence electrons. The van der Waals surface area contributed by atoms with Crippen LogP contribution in [0.4, 0.5) is 0 Å². The lowest BCUT2D eigenvalue weighted by molar-refractivity contribution is -0.152. The predicted molar refractivity (Wildman–Crippen MR) is 142 cm³/mol. The summed E-state index contributed by atoms with van der Waals surface area (Å²) in [5.74, 6) is -0.239. The highest BCUT2D eigenvalue weighted by Gasteiger charge is 2.37. The van der Waals surface area contributed by atoms with E-state index in [-0.39, 0.29) is 19.3 Å². The van der Waals surface area contributed by atoms with Crippen molar-refractivity contribution in [3.05, 3.63) is 87.2 Å². The minimum Gasteiger partial charge on any atom is -0.488 e. The summed E-state index contributed by atoms with van der Waals surface area (Å²) in [7, 11) is 1.62. The largest absolute Gasteiger partial charge is 0.488 e. The Labute approximate surface area is 227 Å². The maximum absolute atomic E-state index is 11.9. The zero-order valence-electron chi connectivity index (χ0n) is 21.6. The number of carboxylic acids is 1. The number of hydrogen-bond acceptors (Lipinski definition) is 7. The van der Waals surface area contributed by atoms with Crippen LogP contribution in [-0.4, -0.2) is 45.3 Å². The number of aryl methyl sites for hydroxylation is 1. The van der Waals surface area contributed by atoms with Gasteiger partial charge in [-0.3, -0.25) is 14.7 Å². The van der Waals surface area contributed by atoms with Crippen LogP contribution in [0, 0.1) is 18.3 Å². The monoisotopic (exact) mass is 535 g/mol. The Morgan fingerprint density at radius 1 is 1.29 bits per heavy atom. The van der Waals surface area contributed by atoms with Crippen LogP contribution in [0.2, 0.25) is 5.02 Å². The number of carbonyl (C=O) groups is 1. The van der Waals surface area contributed by atoms with Crippen LogP contribution in [0.1, 0.15) is 52.8 Å². The zero-order chi connectivity index (χ0) is 27.4. The third-order valence-electron chi connectivity index (χ3n) is 7.17. The number of rotatable bonds is 10. The molecule has 2 atom stereocenters. The lowest BCUT2D eigenvalue weighted by atomic mass is 10.0. The standard InChI is InChI=1S/C29H30ClN3O5/c1-18-5-4-6-23-22(18)7-8-25(23)38-27-11-26(37-16-20-9-19(12-31)13-32-14-20)21(10-24(27)30)15-33(3)29(2,17-34)28(35)36/h4-6,9-11,13-14,25,34H,7-8,15-17H2,1-3H3,(H,35,36)/t25-,29-/m0/s1. The number of aliphatic hydroxyl groups excluding tert-OH is 1. The number of hydrogen-bond donors (Lipinski definition) is 2. The van der Waals surface area contributed by atoms with Crippen molar-refractivity contribution in [1.82, 2.24) is 9.88 Å². The van der Waals surface area contributed by atoms with Crippen LogP contribution in [0.15, 0.2) is 48.8 Å².